The van der Waals surface area contributed by atoms with E-state index in [1.54, 1.807) is 23.9 Å². The van der Waals surface area contributed by atoms with Crippen molar-refractivity contribution in [2.75, 3.05) is 27.6 Å². The maximum absolute atomic E-state index is 13.2. The van der Waals surface area contributed by atoms with Crippen LogP contribution in [0.1, 0.15) is 15.9 Å². The minimum Gasteiger partial charge on any atom is -0.493 e. The van der Waals surface area contributed by atoms with Gasteiger partial charge in [-0.05, 0) is 35.6 Å². The smallest absolute Gasteiger partial charge is 0.251 e. The molecule has 6 nitrogen and oxygen atoms in total. The summed E-state index contributed by atoms with van der Waals surface area (Å²) in [5.74, 6) is 1.03. The Kier molecular flexibility index (Phi) is 8.13. The number of pyridine rings is 1. The summed E-state index contributed by atoms with van der Waals surface area (Å²) in [7, 11) is 4.58. The summed E-state index contributed by atoms with van der Waals surface area (Å²) in [5, 5.41) is 3.92. The van der Waals surface area contributed by atoms with Crippen LogP contribution in [0.15, 0.2) is 83.9 Å². The molecular weight excluding hydrogens is 472 g/mol. The van der Waals surface area contributed by atoms with Crippen LogP contribution in [0.4, 0.5) is 0 Å². The fraction of sp³-hybridized carbons (Fsp3) is 0.172. The van der Waals surface area contributed by atoms with E-state index in [4.69, 9.17) is 19.2 Å². The first-order chi connectivity index (χ1) is 17.6. The van der Waals surface area contributed by atoms with Gasteiger partial charge in [0, 0.05) is 23.2 Å². The normalized spacial score (nSPS) is 10.6. The average Bonchev–Trinajstić information content (AvgIpc) is 2.95. The highest BCUT2D eigenvalue weighted by Gasteiger charge is 2.19. The van der Waals surface area contributed by atoms with Crippen molar-refractivity contribution in [2.45, 2.75) is 11.6 Å². The standard InChI is InChI=1S/C29H28N2O4S/c1-33-25-15-21(16-26(34-2)27(25)35-3)28(32)30-18-23-22(19-11-7-5-8-12-19)17-24(31-29(23)36-4)20-13-9-6-10-14-20/h5-17H,18H2,1-4H3,(H,30,32). The number of amides is 1. The summed E-state index contributed by atoms with van der Waals surface area (Å²) in [6, 6.07) is 25.6. The van der Waals surface area contributed by atoms with Crippen LogP contribution in [0.2, 0.25) is 0 Å². The molecule has 184 valence electrons. The third kappa shape index (κ3) is 5.31. The van der Waals surface area contributed by atoms with E-state index in [0.717, 1.165) is 33.0 Å². The first-order valence-corrected chi connectivity index (χ1v) is 12.6. The molecule has 0 unspecified atom stereocenters. The van der Waals surface area contributed by atoms with Crippen LogP contribution < -0.4 is 19.5 Å². The number of hydrogen-bond donors (Lipinski definition) is 1. The molecule has 4 rings (SSSR count). The van der Waals surface area contributed by atoms with Gasteiger partial charge in [0.25, 0.3) is 5.91 Å². The Morgan fingerprint density at radius 3 is 1.94 bits per heavy atom. The number of benzene rings is 3. The molecule has 36 heavy (non-hydrogen) atoms. The largest absolute Gasteiger partial charge is 0.493 e. The molecule has 0 radical (unpaired) electrons. The minimum absolute atomic E-state index is 0.257. The molecule has 0 aliphatic rings. The molecule has 0 aliphatic heterocycles. The zero-order chi connectivity index (χ0) is 25.5. The second kappa shape index (κ2) is 11.6. The van der Waals surface area contributed by atoms with Crippen LogP contribution in [0, 0.1) is 0 Å². The molecule has 4 aromatic rings. The number of methoxy groups -OCH3 is 3. The van der Waals surface area contributed by atoms with Crippen LogP contribution in [0.5, 0.6) is 17.2 Å². The Hall–Kier alpha value is -3.97. The van der Waals surface area contributed by atoms with Crippen molar-refractivity contribution in [1.82, 2.24) is 10.3 Å². The van der Waals surface area contributed by atoms with E-state index in [1.807, 2.05) is 54.8 Å². The highest BCUT2D eigenvalue weighted by atomic mass is 32.2. The Bertz CT molecular complexity index is 1320. The Morgan fingerprint density at radius 2 is 1.42 bits per heavy atom. The van der Waals surface area contributed by atoms with Gasteiger partial charge in [-0.3, -0.25) is 4.79 Å². The topological polar surface area (TPSA) is 69.7 Å². The van der Waals surface area contributed by atoms with E-state index in [2.05, 4.69) is 23.5 Å². The summed E-state index contributed by atoms with van der Waals surface area (Å²) >= 11 is 1.56. The molecule has 1 heterocycles. The summed E-state index contributed by atoms with van der Waals surface area (Å²) in [4.78, 5) is 18.1. The van der Waals surface area contributed by atoms with E-state index in [9.17, 15) is 4.79 Å². The fourth-order valence-electron chi connectivity index (χ4n) is 4.00. The Labute approximate surface area is 215 Å². The number of thioether (sulfide) groups is 1. The van der Waals surface area contributed by atoms with Gasteiger partial charge in [0.2, 0.25) is 5.75 Å². The fourth-order valence-corrected chi connectivity index (χ4v) is 4.62. The second-order valence-electron chi connectivity index (χ2n) is 7.87. The van der Waals surface area contributed by atoms with Crippen molar-refractivity contribution in [2.24, 2.45) is 0 Å². The summed E-state index contributed by atoms with van der Waals surface area (Å²) < 4.78 is 16.2. The van der Waals surface area contributed by atoms with Crippen LogP contribution in [0.25, 0.3) is 22.4 Å². The van der Waals surface area contributed by atoms with E-state index in [-0.39, 0.29) is 5.91 Å². The average molecular weight is 501 g/mol. The van der Waals surface area contributed by atoms with Gasteiger partial charge in [-0.1, -0.05) is 60.7 Å². The predicted molar refractivity (Wildman–Crippen MR) is 144 cm³/mol. The lowest BCUT2D eigenvalue weighted by Crippen LogP contribution is -2.24. The van der Waals surface area contributed by atoms with Crippen molar-refractivity contribution in [3.8, 4) is 39.6 Å². The molecule has 3 aromatic carbocycles. The van der Waals surface area contributed by atoms with E-state index in [1.165, 1.54) is 21.3 Å². The summed E-state index contributed by atoms with van der Waals surface area (Å²) in [5.41, 5.74) is 5.37. The second-order valence-corrected chi connectivity index (χ2v) is 8.67. The summed E-state index contributed by atoms with van der Waals surface area (Å²) in [6.07, 6.45) is 2.00. The third-order valence-corrected chi connectivity index (χ3v) is 6.51. The molecule has 0 aliphatic carbocycles. The Balaban J connectivity index is 1.72. The SMILES string of the molecule is COc1cc(C(=O)NCc2c(-c3ccccc3)cc(-c3ccccc3)nc2SC)cc(OC)c1OC. The lowest BCUT2D eigenvalue weighted by atomic mass is 9.98. The van der Waals surface area contributed by atoms with Crippen LogP contribution in [-0.2, 0) is 6.54 Å². The molecule has 1 amide bonds. The van der Waals surface area contributed by atoms with Crippen molar-refractivity contribution in [3.05, 3.63) is 90.0 Å². The van der Waals surface area contributed by atoms with Gasteiger partial charge >= 0.3 is 0 Å². The predicted octanol–water partition coefficient (Wildman–Crippen LogP) is 6.09. The maximum Gasteiger partial charge on any atom is 0.251 e. The molecule has 0 bridgehead atoms. The van der Waals surface area contributed by atoms with E-state index < -0.39 is 0 Å². The van der Waals surface area contributed by atoms with Crippen molar-refractivity contribution in [3.63, 3.8) is 0 Å². The molecule has 7 heteroatoms. The molecule has 1 N–H and O–H groups in total. The van der Waals surface area contributed by atoms with Crippen LogP contribution in [0.3, 0.4) is 0 Å². The number of nitrogens with zero attached hydrogens (tertiary/aromatic N) is 1. The first kappa shape index (κ1) is 25.1. The number of aromatic nitrogens is 1. The van der Waals surface area contributed by atoms with Gasteiger partial charge in [-0.25, -0.2) is 4.98 Å². The van der Waals surface area contributed by atoms with Crippen molar-refractivity contribution >= 4 is 17.7 Å². The van der Waals surface area contributed by atoms with Gasteiger partial charge in [0.15, 0.2) is 11.5 Å². The number of ether oxygens (including phenoxy) is 3. The monoisotopic (exact) mass is 500 g/mol. The zero-order valence-electron chi connectivity index (χ0n) is 20.7. The lowest BCUT2D eigenvalue weighted by molar-refractivity contribution is 0.0950. The van der Waals surface area contributed by atoms with Crippen molar-refractivity contribution in [1.29, 1.82) is 0 Å². The van der Waals surface area contributed by atoms with E-state index >= 15 is 0 Å². The maximum atomic E-state index is 13.2. The molecule has 0 saturated heterocycles. The van der Waals surface area contributed by atoms with Gasteiger partial charge in [-0.2, -0.15) is 0 Å². The Morgan fingerprint density at radius 1 is 0.833 bits per heavy atom. The highest BCUT2D eigenvalue weighted by molar-refractivity contribution is 7.98. The van der Waals surface area contributed by atoms with Gasteiger partial charge in [0.1, 0.15) is 5.03 Å². The number of carbonyl (C=O) groups is 1. The molecule has 0 spiro atoms. The molecule has 0 atom stereocenters. The highest BCUT2D eigenvalue weighted by Crippen LogP contribution is 2.38. The summed E-state index contributed by atoms with van der Waals surface area (Å²) in [6.45, 7) is 0.304. The van der Waals surface area contributed by atoms with Crippen LogP contribution in [-0.4, -0.2) is 38.5 Å². The molecule has 0 saturated carbocycles. The zero-order valence-corrected chi connectivity index (χ0v) is 21.5. The van der Waals surface area contributed by atoms with E-state index in [0.29, 0.717) is 29.4 Å². The first-order valence-electron chi connectivity index (χ1n) is 11.4. The van der Waals surface area contributed by atoms with Gasteiger partial charge in [0.05, 0.1) is 27.0 Å². The third-order valence-electron chi connectivity index (χ3n) is 5.79. The quantitative estimate of drug-likeness (QED) is 0.280. The van der Waals surface area contributed by atoms with Gasteiger partial charge in [-0.15, -0.1) is 11.8 Å². The lowest BCUT2D eigenvalue weighted by Gasteiger charge is -2.17. The molecule has 1 aromatic heterocycles. The number of hydrogen-bond acceptors (Lipinski definition) is 6. The minimum atomic E-state index is -0.257. The number of rotatable bonds is 9. The van der Waals surface area contributed by atoms with Gasteiger partial charge < -0.3 is 19.5 Å². The van der Waals surface area contributed by atoms with Crippen LogP contribution >= 0.6 is 11.8 Å². The molecule has 0 fully saturated rings. The van der Waals surface area contributed by atoms with Crippen molar-refractivity contribution < 1.29 is 19.0 Å². The number of carbonyl (C=O) groups excluding carboxylic acids is 1. The number of nitrogens with one attached hydrogen (secondary N) is 1. The molecular formula is C29H28N2O4S.